The van der Waals surface area contributed by atoms with Crippen molar-refractivity contribution in [3.8, 4) is 0 Å². The molecule has 0 aliphatic carbocycles. The van der Waals surface area contributed by atoms with E-state index in [1.54, 1.807) is 21.0 Å². The monoisotopic (exact) mass is 370 g/mol. The Kier molecular flexibility index (Phi) is 9.57. The van der Waals surface area contributed by atoms with Crippen molar-refractivity contribution in [2.24, 2.45) is 4.99 Å². The zero-order valence-corrected chi connectivity index (χ0v) is 15.8. The fourth-order valence-corrected chi connectivity index (χ4v) is 2.10. The lowest BCUT2D eigenvalue weighted by Gasteiger charge is -2.19. The number of aliphatic imine (C=N–C) groups is 1. The Morgan fingerprint density at radius 3 is 2.69 bits per heavy atom. The molecular formula is C18H28F2N4O2. The molecule has 1 unspecified atom stereocenters. The van der Waals surface area contributed by atoms with Crippen molar-refractivity contribution in [3.05, 3.63) is 35.4 Å². The van der Waals surface area contributed by atoms with Gasteiger partial charge >= 0.3 is 0 Å². The highest BCUT2D eigenvalue weighted by Crippen LogP contribution is 2.17. The van der Waals surface area contributed by atoms with Crippen LogP contribution in [0.15, 0.2) is 23.2 Å². The molecule has 0 spiro atoms. The average Bonchev–Trinajstić information content (AvgIpc) is 2.58. The second-order valence-electron chi connectivity index (χ2n) is 5.96. The standard InChI is InChI=1S/C18H28F2N4O2/c1-5-26-10-6-9-21-18(22-12-17(25)24(3)4)23-13(2)15-8-7-14(19)11-16(15)20/h7-8,11,13H,5-6,9-10,12H2,1-4H3,(H2,21,22,23). The summed E-state index contributed by atoms with van der Waals surface area (Å²) in [5, 5.41) is 6.14. The van der Waals surface area contributed by atoms with Crippen LogP contribution in [0.3, 0.4) is 0 Å². The smallest absolute Gasteiger partial charge is 0.243 e. The summed E-state index contributed by atoms with van der Waals surface area (Å²) in [7, 11) is 3.30. The second-order valence-corrected chi connectivity index (χ2v) is 5.96. The third kappa shape index (κ3) is 7.77. The first-order valence-electron chi connectivity index (χ1n) is 8.62. The summed E-state index contributed by atoms with van der Waals surface area (Å²) in [6, 6.07) is 2.98. The highest BCUT2D eigenvalue weighted by Gasteiger charge is 2.14. The molecule has 0 fully saturated rings. The number of hydrogen-bond acceptors (Lipinski definition) is 3. The second kappa shape index (κ2) is 11.4. The molecular weight excluding hydrogens is 342 g/mol. The van der Waals surface area contributed by atoms with E-state index in [4.69, 9.17) is 4.74 Å². The van der Waals surface area contributed by atoms with E-state index in [0.717, 1.165) is 12.5 Å². The Morgan fingerprint density at radius 2 is 2.08 bits per heavy atom. The van der Waals surface area contributed by atoms with Crippen LogP contribution in [0, 0.1) is 11.6 Å². The van der Waals surface area contributed by atoms with Gasteiger partial charge in [-0.1, -0.05) is 6.07 Å². The molecule has 0 bridgehead atoms. The van der Waals surface area contributed by atoms with Gasteiger partial charge in [0.15, 0.2) is 5.96 Å². The molecule has 0 aliphatic heterocycles. The molecule has 146 valence electrons. The molecule has 26 heavy (non-hydrogen) atoms. The first-order valence-corrected chi connectivity index (χ1v) is 8.62. The van der Waals surface area contributed by atoms with Crippen molar-refractivity contribution in [2.75, 3.05) is 40.4 Å². The van der Waals surface area contributed by atoms with E-state index in [1.165, 1.54) is 17.0 Å². The highest BCUT2D eigenvalue weighted by atomic mass is 19.1. The molecule has 0 aliphatic rings. The molecule has 1 atom stereocenters. The summed E-state index contributed by atoms with van der Waals surface area (Å²) < 4.78 is 32.3. The number of ether oxygens (including phenoxy) is 1. The van der Waals surface area contributed by atoms with Gasteiger partial charge in [-0.3, -0.25) is 4.79 Å². The van der Waals surface area contributed by atoms with E-state index in [-0.39, 0.29) is 12.5 Å². The topological polar surface area (TPSA) is 66.0 Å². The number of carbonyl (C=O) groups excluding carboxylic acids is 1. The molecule has 1 aromatic rings. The van der Waals surface area contributed by atoms with Crippen molar-refractivity contribution in [1.29, 1.82) is 0 Å². The van der Waals surface area contributed by atoms with E-state index in [1.807, 2.05) is 6.92 Å². The van der Waals surface area contributed by atoms with Gasteiger partial charge in [0.2, 0.25) is 5.91 Å². The maximum absolute atomic E-state index is 13.9. The van der Waals surface area contributed by atoms with Crippen LogP contribution in [0.4, 0.5) is 8.78 Å². The number of rotatable bonds is 9. The fourth-order valence-electron chi connectivity index (χ4n) is 2.10. The summed E-state index contributed by atoms with van der Waals surface area (Å²) in [6.45, 7) is 5.47. The minimum absolute atomic E-state index is 0.0353. The summed E-state index contributed by atoms with van der Waals surface area (Å²) in [6.07, 6.45) is 0.759. The molecule has 0 saturated heterocycles. The average molecular weight is 370 g/mol. The van der Waals surface area contributed by atoms with Gasteiger partial charge in [-0.05, 0) is 26.3 Å². The number of benzene rings is 1. The van der Waals surface area contributed by atoms with Gasteiger partial charge in [0.25, 0.3) is 0 Å². The van der Waals surface area contributed by atoms with Crippen LogP contribution in [0.25, 0.3) is 0 Å². The summed E-state index contributed by atoms with van der Waals surface area (Å²) in [5.41, 5.74) is 0.314. The summed E-state index contributed by atoms with van der Waals surface area (Å²) in [5.74, 6) is -1.03. The highest BCUT2D eigenvalue weighted by molar-refractivity contribution is 5.85. The van der Waals surface area contributed by atoms with Gasteiger partial charge in [0, 0.05) is 45.5 Å². The Bertz CT molecular complexity index is 609. The van der Waals surface area contributed by atoms with Crippen LogP contribution < -0.4 is 10.6 Å². The van der Waals surface area contributed by atoms with Crippen molar-refractivity contribution in [3.63, 3.8) is 0 Å². The maximum atomic E-state index is 13.9. The number of halogens is 2. The minimum Gasteiger partial charge on any atom is -0.382 e. The van der Waals surface area contributed by atoms with Gasteiger partial charge in [-0.25, -0.2) is 13.8 Å². The zero-order valence-electron chi connectivity index (χ0n) is 15.8. The molecule has 1 amide bonds. The largest absolute Gasteiger partial charge is 0.382 e. The van der Waals surface area contributed by atoms with E-state index in [9.17, 15) is 13.6 Å². The molecule has 0 radical (unpaired) electrons. The Balaban J connectivity index is 2.75. The van der Waals surface area contributed by atoms with Crippen molar-refractivity contribution >= 4 is 11.9 Å². The summed E-state index contributed by atoms with van der Waals surface area (Å²) in [4.78, 5) is 17.4. The van der Waals surface area contributed by atoms with Crippen molar-refractivity contribution < 1.29 is 18.3 Å². The van der Waals surface area contributed by atoms with E-state index >= 15 is 0 Å². The van der Waals surface area contributed by atoms with E-state index in [2.05, 4.69) is 15.6 Å². The Labute approximate surface area is 153 Å². The third-order valence-corrected chi connectivity index (χ3v) is 3.62. The predicted molar refractivity (Wildman–Crippen MR) is 98.0 cm³/mol. The van der Waals surface area contributed by atoms with E-state index < -0.39 is 17.7 Å². The third-order valence-electron chi connectivity index (χ3n) is 3.62. The number of nitrogens with one attached hydrogen (secondary N) is 2. The molecule has 1 aromatic carbocycles. The molecule has 0 heterocycles. The van der Waals surface area contributed by atoms with Crippen molar-refractivity contribution in [2.45, 2.75) is 26.3 Å². The van der Waals surface area contributed by atoms with Crippen LogP contribution in [-0.2, 0) is 9.53 Å². The van der Waals surface area contributed by atoms with Crippen molar-refractivity contribution in [1.82, 2.24) is 15.5 Å². The number of likely N-dealkylation sites (N-methyl/N-ethyl adjacent to an activating group) is 1. The molecule has 1 rings (SSSR count). The van der Waals surface area contributed by atoms with E-state index in [0.29, 0.717) is 31.3 Å². The Hall–Kier alpha value is -2.22. The number of guanidine groups is 1. The SMILES string of the molecule is CCOCCCNC(=NCC(=O)N(C)C)NC(C)c1ccc(F)cc1F. The first-order chi connectivity index (χ1) is 12.3. The number of hydrogen-bond donors (Lipinski definition) is 2. The lowest BCUT2D eigenvalue weighted by molar-refractivity contribution is -0.127. The normalized spacial score (nSPS) is 12.6. The first kappa shape index (κ1) is 21.8. The van der Waals surface area contributed by atoms with Crippen LogP contribution in [0.1, 0.15) is 31.9 Å². The molecule has 6 nitrogen and oxygen atoms in total. The molecule has 0 saturated carbocycles. The maximum Gasteiger partial charge on any atom is 0.243 e. The number of carbonyl (C=O) groups is 1. The van der Waals surface area contributed by atoms with Gasteiger partial charge in [0.05, 0.1) is 6.04 Å². The lowest BCUT2D eigenvalue weighted by atomic mass is 10.1. The Morgan fingerprint density at radius 1 is 1.35 bits per heavy atom. The van der Waals surface area contributed by atoms with Gasteiger partial charge in [0.1, 0.15) is 18.2 Å². The van der Waals surface area contributed by atoms with Crippen LogP contribution in [0.2, 0.25) is 0 Å². The number of nitrogens with zero attached hydrogens (tertiary/aromatic N) is 2. The van der Waals surface area contributed by atoms with Crippen LogP contribution in [0.5, 0.6) is 0 Å². The molecule has 2 N–H and O–H groups in total. The van der Waals surface area contributed by atoms with Gasteiger partial charge in [-0.15, -0.1) is 0 Å². The zero-order chi connectivity index (χ0) is 19.5. The van der Waals surface area contributed by atoms with Gasteiger partial charge in [-0.2, -0.15) is 0 Å². The molecule has 0 aromatic heterocycles. The van der Waals surface area contributed by atoms with Gasteiger partial charge < -0.3 is 20.3 Å². The number of amides is 1. The molecule has 8 heteroatoms. The van der Waals surface area contributed by atoms with Crippen LogP contribution >= 0.6 is 0 Å². The quantitative estimate of drug-likeness (QED) is 0.397. The minimum atomic E-state index is -0.634. The lowest BCUT2D eigenvalue weighted by Crippen LogP contribution is -2.40. The van der Waals surface area contributed by atoms with Crippen LogP contribution in [-0.4, -0.2) is 57.2 Å². The predicted octanol–water partition coefficient (Wildman–Crippen LogP) is 2.08. The fraction of sp³-hybridized carbons (Fsp3) is 0.556. The summed E-state index contributed by atoms with van der Waals surface area (Å²) >= 11 is 0.